The van der Waals surface area contributed by atoms with Gasteiger partial charge >= 0.3 is 0 Å². The quantitative estimate of drug-likeness (QED) is 0.830. The summed E-state index contributed by atoms with van der Waals surface area (Å²) in [5.74, 6) is 1.48. The molecule has 0 bridgehead atoms. The number of likely N-dealkylation sites (tertiary alicyclic amines) is 1. The normalized spacial score (nSPS) is 35.9. The van der Waals surface area contributed by atoms with Crippen LogP contribution in [0, 0.1) is 5.92 Å². The molecular formula is C15H19NOS. The van der Waals surface area contributed by atoms with Gasteiger partial charge in [-0.15, -0.1) is 0 Å². The number of aliphatic hydroxyl groups excluding tert-OH is 1. The van der Waals surface area contributed by atoms with Crippen molar-refractivity contribution < 1.29 is 5.11 Å². The van der Waals surface area contributed by atoms with Crippen LogP contribution in [0.1, 0.15) is 11.1 Å². The Labute approximate surface area is 112 Å². The first-order valence-corrected chi connectivity index (χ1v) is 7.96. The van der Waals surface area contributed by atoms with Crippen molar-refractivity contribution in [3.63, 3.8) is 0 Å². The number of hydrogen-bond acceptors (Lipinski definition) is 3. The van der Waals surface area contributed by atoms with Gasteiger partial charge in [-0.1, -0.05) is 24.3 Å². The van der Waals surface area contributed by atoms with Crippen molar-refractivity contribution in [2.75, 3.05) is 18.8 Å². The van der Waals surface area contributed by atoms with Gasteiger partial charge in [0.25, 0.3) is 0 Å². The van der Waals surface area contributed by atoms with Crippen LogP contribution < -0.4 is 0 Å². The average molecular weight is 261 g/mol. The van der Waals surface area contributed by atoms with Gasteiger partial charge in [-0.2, -0.15) is 11.8 Å². The predicted molar refractivity (Wildman–Crippen MR) is 75.0 cm³/mol. The highest BCUT2D eigenvalue weighted by Gasteiger charge is 2.44. The van der Waals surface area contributed by atoms with Gasteiger partial charge in [0, 0.05) is 36.1 Å². The van der Waals surface area contributed by atoms with Crippen LogP contribution in [0.5, 0.6) is 0 Å². The maximum absolute atomic E-state index is 9.99. The molecule has 96 valence electrons. The van der Waals surface area contributed by atoms with E-state index in [1.165, 1.54) is 30.5 Å². The van der Waals surface area contributed by atoms with E-state index < -0.39 is 0 Å². The van der Waals surface area contributed by atoms with Crippen molar-refractivity contribution in [1.29, 1.82) is 0 Å². The maximum atomic E-state index is 9.99. The third-order valence-electron chi connectivity index (χ3n) is 4.86. The molecule has 0 spiro atoms. The molecule has 1 aromatic carbocycles. The van der Waals surface area contributed by atoms with E-state index >= 15 is 0 Å². The second-order valence-corrected chi connectivity index (χ2v) is 7.16. The lowest BCUT2D eigenvalue weighted by atomic mass is 10.0. The smallest absolute Gasteiger partial charge is 0.0682 e. The Kier molecular flexibility index (Phi) is 2.68. The minimum atomic E-state index is -0.0613. The molecule has 18 heavy (non-hydrogen) atoms. The van der Waals surface area contributed by atoms with E-state index in [9.17, 15) is 5.11 Å². The van der Waals surface area contributed by atoms with Gasteiger partial charge in [-0.25, -0.2) is 0 Å². The van der Waals surface area contributed by atoms with Crippen LogP contribution in [0.25, 0.3) is 0 Å². The molecule has 1 aromatic rings. The Hall–Kier alpha value is -0.510. The maximum Gasteiger partial charge on any atom is 0.0682 e. The van der Waals surface area contributed by atoms with E-state index in [4.69, 9.17) is 0 Å². The van der Waals surface area contributed by atoms with Crippen LogP contribution >= 0.6 is 11.8 Å². The van der Waals surface area contributed by atoms with E-state index in [1.807, 2.05) is 11.8 Å². The fourth-order valence-electron chi connectivity index (χ4n) is 3.81. The van der Waals surface area contributed by atoms with E-state index in [2.05, 4.69) is 29.2 Å². The van der Waals surface area contributed by atoms with Gasteiger partial charge in [0.1, 0.15) is 0 Å². The van der Waals surface area contributed by atoms with Crippen molar-refractivity contribution in [3.8, 4) is 0 Å². The largest absolute Gasteiger partial charge is 0.392 e. The second kappa shape index (κ2) is 4.26. The second-order valence-electron chi connectivity index (χ2n) is 5.89. The Morgan fingerprint density at radius 3 is 2.50 bits per heavy atom. The minimum absolute atomic E-state index is 0.0613. The molecule has 3 aliphatic rings. The fraction of sp³-hybridized carbons (Fsp3) is 0.600. The molecular weight excluding hydrogens is 242 g/mol. The summed E-state index contributed by atoms with van der Waals surface area (Å²) in [5.41, 5.74) is 3.07. The summed E-state index contributed by atoms with van der Waals surface area (Å²) in [4.78, 5) is 2.63. The van der Waals surface area contributed by atoms with Crippen molar-refractivity contribution in [3.05, 3.63) is 35.4 Å². The average Bonchev–Trinajstić information content (AvgIpc) is 3.04. The lowest BCUT2D eigenvalue weighted by Crippen LogP contribution is -2.35. The number of nitrogens with zero attached hydrogens (tertiary/aromatic N) is 1. The molecule has 1 N–H and O–H groups in total. The number of thioether (sulfide) groups is 1. The van der Waals surface area contributed by atoms with E-state index in [0.717, 1.165) is 12.3 Å². The highest BCUT2D eigenvalue weighted by Crippen LogP contribution is 2.40. The molecule has 0 saturated carbocycles. The summed E-state index contributed by atoms with van der Waals surface area (Å²) in [5, 5.41) is 10.7. The van der Waals surface area contributed by atoms with Crippen LogP contribution in [0.2, 0.25) is 0 Å². The summed E-state index contributed by atoms with van der Waals surface area (Å²) in [6.45, 7) is 2.29. The first-order valence-electron chi connectivity index (χ1n) is 6.92. The fourth-order valence-corrected chi connectivity index (χ4v) is 5.32. The highest BCUT2D eigenvalue weighted by molar-refractivity contribution is 8.00. The zero-order chi connectivity index (χ0) is 12.1. The first kappa shape index (κ1) is 11.3. The summed E-state index contributed by atoms with van der Waals surface area (Å²) >= 11 is 1.98. The summed E-state index contributed by atoms with van der Waals surface area (Å²) in [6, 6.07) is 9.53. The third-order valence-corrected chi connectivity index (χ3v) is 6.32. The molecule has 3 unspecified atom stereocenters. The summed E-state index contributed by atoms with van der Waals surface area (Å²) in [6.07, 6.45) is 2.35. The van der Waals surface area contributed by atoms with Crippen molar-refractivity contribution in [2.24, 2.45) is 5.92 Å². The molecule has 1 aliphatic carbocycles. The monoisotopic (exact) mass is 261 g/mol. The third kappa shape index (κ3) is 1.72. The molecule has 0 radical (unpaired) electrons. The molecule has 2 heterocycles. The number of fused-ring (bicyclic) bond motifs is 2. The standard InChI is InChI=1S/C15H19NOS/c17-14-9-18-15-8-16(7-13(14)15)12-5-10-3-1-2-4-11(10)6-12/h1-4,12-15,17H,5-9H2. The molecule has 0 amide bonds. The first-order chi connectivity index (χ1) is 8.81. The van der Waals surface area contributed by atoms with Crippen LogP contribution in [-0.4, -0.2) is 46.2 Å². The Morgan fingerprint density at radius 2 is 1.83 bits per heavy atom. The molecule has 4 rings (SSSR count). The molecule has 0 aromatic heterocycles. The van der Waals surface area contributed by atoms with Crippen LogP contribution in [0.3, 0.4) is 0 Å². The van der Waals surface area contributed by atoms with Crippen molar-refractivity contribution in [1.82, 2.24) is 4.90 Å². The lowest BCUT2D eigenvalue weighted by Gasteiger charge is -2.24. The molecule has 2 aliphatic heterocycles. The highest BCUT2D eigenvalue weighted by atomic mass is 32.2. The van der Waals surface area contributed by atoms with Gasteiger partial charge in [-0.3, -0.25) is 4.90 Å². The molecule has 2 nitrogen and oxygen atoms in total. The molecule has 3 atom stereocenters. The molecule has 3 heteroatoms. The van der Waals surface area contributed by atoms with Gasteiger partial charge in [0.05, 0.1) is 6.10 Å². The number of rotatable bonds is 1. The topological polar surface area (TPSA) is 23.5 Å². The van der Waals surface area contributed by atoms with Gasteiger partial charge in [0.2, 0.25) is 0 Å². The van der Waals surface area contributed by atoms with Crippen molar-refractivity contribution in [2.45, 2.75) is 30.2 Å². The zero-order valence-electron chi connectivity index (χ0n) is 10.5. The van der Waals surface area contributed by atoms with Crippen LogP contribution in [0.4, 0.5) is 0 Å². The van der Waals surface area contributed by atoms with Crippen LogP contribution in [0.15, 0.2) is 24.3 Å². The Bertz CT molecular complexity index is 439. The van der Waals surface area contributed by atoms with Gasteiger partial charge < -0.3 is 5.11 Å². The Balaban J connectivity index is 1.48. The summed E-state index contributed by atoms with van der Waals surface area (Å²) in [7, 11) is 0. The van der Waals surface area contributed by atoms with E-state index in [-0.39, 0.29) is 6.10 Å². The predicted octanol–water partition coefficient (Wildman–Crippen LogP) is 1.56. The van der Waals surface area contributed by atoms with E-state index in [1.54, 1.807) is 0 Å². The zero-order valence-corrected chi connectivity index (χ0v) is 11.3. The lowest BCUT2D eigenvalue weighted by molar-refractivity contribution is 0.134. The number of benzene rings is 1. The summed E-state index contributed by atoms with van der Waals surface area (Å²) < 4.78 is 0. The molecule has 2 saturated heterocycles. The van der Waals surface area contributed by atoms with E-state index in [0.29, 0.717) is 17.2 Å². The van der Waals surface area contributed by atoms with Gasteiger partial charge in [0.15, 0.2) is 0 Å². The van der Waals surface area contributed by atoms with Gasteiger partial charge in [-0.05, 0) is 24.0 Å². The minimum Gasteiger partial charge on any atom is -0.392 e. The number of aliphatic hydroxyl groups is 1. The SMILES string of the molecule is OC1CSC2CN(C3Cc4ccccc4C3)CC12. The molecule has 2 fully saturated rings. The van der Waals surface area contributed by atoms with Crippen LogP contribution in [-0.2, 0) is 12.8 Å². The number of hydrogen-bond donors (Lipinski definition) is 1. The van der Waals surface area contributed by atoms with Crippen molar-refractivity contribution >= 4 is 11.8 Å². The Morgan fingerprint density at radius 1 is 1.11 bits per heavy atom.